The minimum Gasteiger partial charge on any atom is -0.334 e. The van der Waals surface area contributed by atoms with Crippen molar-refractivity contribution in [2.45, 2.75) is 30.9 Å². The van der Waals surface area contributed by atoms with Gasteiger partial charge in [0.1, 0.15) is 4.21 Å². The van der Waals surface area contributed by atoms with Crippen molar-refractivity contribution in [3.8, 4) is 11.4 Å². The Morgan fingerprint density at radius 3 is 2.69 bits per heavy atom. The van der Waals surface area contributed by atoms with Crippen LogP contribution in [0.15, 0.2) is 38.4 Å². The molecule has 8 nitrogen and oxygen atoms in total. The van der Waals surface area contributed by atoms with Gasteiger partial charge in [0.2, 0.25) is 5.82 Å². The van der Waals surface area contributed by atoms with Gasteiger partial charge in [-0.05, 0) is 44.4 Å². The quantitative estimate of drug-likeness (QED) is 0.662. The zero-order valence-electron chi connectivity index (χ0n) is 16.0. The summed E-state index contributed by atoms with van der Waals surface area (Å²) in [7, 11) is -3.75. The molecule has 1 aliphatic heterocycles. The molecule has 0 saturated carbocycles. The van der Waals surface area contributed by atoms with E-state index < -0.39 is 10.0 Å². The van der Waals surface area contributed by atoms with Crippen molar-refractivity contribution in [3.63, 3.8) is 0 Å². The summed E-state index contributed by atoms with van der Waals surface area (Å²) < 4.78 is 33.3. The van der Waals surface area contributed by atoms with Crippen LogP contribution in [0.3, 0.4) is 0 Å². The first-order valence-electron chi connectivity index (χ1n) is 9.15. The van der Waals surface area contributed by atoms with E-state index in [-0.39, 0.29) is 21.8 Å². The van der Waals surface area contributed by atoms with E-state index in [1.54, 1.807) is 16.3 Å². The minimum atomic E-state index is -3.75. The molecule has 1 aliphatic rings. The van der Waals surface area contributed by atoms with E-state index in [1.165, 1.54) is 6.07 Å². The van der Waals surface area contributed by atoms with E-state index in [9.17, 15) is 13.2 Å². The zero-order chi connectivity index (χ0) is 20.6. The van der Waals surface area contributed by atoms with E-state index in [4.69, 9.17) is 4.52 Å². The lowest BCUT2D eigenvalue weighted by Crippen LogP contribution is -2.27. The van der Waals surface area contributed by atoms with Crippen LogP contribution >= 0.6 is 11.3 Å². The van der Waals surface area contributed by atoms with Gasteiger partial charge in [-0.1, -0.05) is 22.9 Å². The van der Waals surface area contributed by atoms with Crippen LogP contribution in [0, 0.1) is 13.8 Å². The molecule has 152 valence electrons. The van der Waals surface area contributed by atoms with Crippen LogP contribution in [-0.4, -0.2) is 42.5 Å². The molecule has 1 aromatic carbocycles. The molecule has 0 aliphatic carbocycles. The lowest BCUT2D eigenvalue weighted by molar-refractivity contribution is 0.0743. The van der Waals surface area contributed by atoms with E-state index in [2.05, 4.69) is 14.9 Å². The first-order valence-corrected chi connectivity index (χ1v) is 11.5. The third-order valence-electron chi connectivity index (χ3n) is 4.73. The molecule has 0 unspecified atom stereocenters. The SMILES string of the molecule is Cc1ccc(NS(=O)(=O)c2cc(-c3noc(C(=O)N4CCCC4)n3)cs2)c(C)c1. The van der Waals surface area contributed by atoms with Gasteiger partial charge in [0, 0.05) is 24.0 Å². The van der Waals surface area contributed by atoms with Crippen LogP contribution < -0.4 is 4.72 Å². The molecule has 4 rings (SSSR count). The molecule has 1 fully saturated rings. The Kier molecular flexibility index (Phi) is 5.13. The molecule has 1 saturated heterocycles. The largest absolute Gasteiger partial charge is 0.334 e. The van der Waals surface area contributed by atoms with Gasteiger partial charge in [-0.2, -0.15) is 4.98 Å². The fourth-order valence-electron chi connectivity index (χ4n) is 3.18. The maximum Gasteiger partial charge on any atom is 0.316 e. The number of aryl methyl sites for hydroxylation is 2. The first-order chi connectivity index (χ1) is 13.8. The minimum absolute atomic E-state index is 0.0779. The number of amides is 1. The highest BCUT2D eigenvalue weighted by Gasteiger charge is 2.26. The Balaban J connectivity index is 1.54. The summed E-state index contributed by atoms with van der Waals surface area (Å²) in [6, 6.07) is 6.98. The normalized spacial score (nSPS) is 14.3. The van der Waals surface area contributed by atoms with Crippen molar-refractivity contribution in [3.05, 3.63) is 46.7 Å². The first kappa shape index (κ1) is 19.6. The smallest absolute Gasteiger partial charge is 0.316 e. The number of aromatic nitrogens is 2. The predicted molar refractivity (Wildman–Crippen MR) is 109 cm³/mol. The number of hydrogen-bond donors (Lipinski definition) is 1. The number of thiophene rings is 1. The molecule has 0 bridgehead atoms. The highest BCUT2D eigenvalue weighted by Crippen LogP contribution is 2.29. The summed E-state index contributed by atoms with van der Waals surface area (Å²) in [5, 5.41) is 5.47. The second-order valence-corrected chi connectivity index (χ2v) is 9.82. The van der Waals surface area contributed by atoms with Gasteiger partial charge in [-0.15, -0.1) is 11.3 Å². The van der Waals surface area contributed by atoms with Gasteiger partial charge in [0.05, 0.1) is 5.69 Å². The molecule has 3 aromatic rings. The lowest BCUT2D eigenvalue weighted by atomic mass is 10.1. The number of benzene rings is 1. The molecule has 3 heterocycles. The number of sulfonamides is 1. The standard InChI is InChI=1S/C19H20N4O4S2/c1-12-5-6-15(13(2)9-12)22-29(25,26)16-10-14(11-28-16)17-20-18(27-21-17)19(24)23-7-3-4-8-23/h5-6,9-11,22H,3-4,7-8H2,1-2H3. The number of nitrogens with one attached hydrogen (secondary N) is 1. The van der Waals surface area contributed by atoms with Crippen molar-refractivity contribution in [1.29, 1.82) is 0 Å². The summed E-state index contributed by atoms with van der Waals surface area (Å²) in [6.07, 6.45) is 1.93. The molecule has 0 radical (unpaired) electrons. The number of anilines is 1. The van der Waals surface area contributed by atoms with Crippen molar-refractivity contribution in [2.24, 2.45) is 0 Å². The molecule has 1 N–H and O–H groups in total. The van der Waals surface area contributed by atoms with Gasteiger partial charge in [-0.25, -0.2) is 8.42 Å². The number of nitrogens with zero attached hydrogens (tertiary/aromatic N) is 3. The zero-order valence-corrected chi connectivity index (χ0v) is 17.6. The second-order valence-electron chi connectivity index (χ2n) is 7.00. The topological polar surface area (TPSA) is 105 Å². The maximum atomic E-state index is 12.7. The fraction of sp³-hybridized carbons (Fsp3) is 0.316. The van der Waals surface area contributed by atoms with Crippen LogP contribution in [0.4, 0.5) is 5.69 Å². The highest BCUT2D eigenvalue weighted by molar-refractivity contribution is 7.94. The Hall–Kier alpha value is -2.72. The summed E-state index contributed by atoms with van der Waals surface area (Å²) in [6.45, 7) is 5.16. The summed E-state index contributed by atoms with van der Waals surface area (Å²) in [4.78, 5) is 18.2. The van der Waals surface area contributed by atoms with E-state index in [0.29, 0.717) is 24.3 Å². The van der Waals surface area contributed by atoms with Gasteiger partial charge >= 0.3 is 11.8 Å². The molecule has 29 heavy (non-hydrogen) atoms. The third-order valence-corrected chi connectivity index (χ3v) is 7.53. The van der Waals surface area contributed by atoms with Gasteiger partial charge < -0.3 is 9.42 Å². The lowest BCUT2D eigenvalue weighted by Gasteiger charge is -2.10. The number of hydrogen-bond acceptors (Lipinski definition) is 7. The van der Waals surface area contributed by atoms with E-state index >= 15 is 0 Å². The second kappa shape index (κ2) is 7.60. The third kappa shape index (κ3) is 4.03. The highest BCUT2D eigenvalue weighted by atomic mass is 32.2. The molecule has 2 aromatic heterocycles. The number of carbonyl (C=O) groups is 1. The fourth-order valence-corrected chi connectivity index (χ4v) is 5.47. The molecular weight excluding hydrogens is 412 g/mol. The van der Waals surface area contributed by atoms with Crippen LogP contribution in [0.1, 0.15) is 34.7 Å². The van der Waals surface area contributed by atoms with Crippen LogP contribution in [0.25, 0.3) is 11.4 Å². The number of likely N-dealkylation sites (tertiary alicyclic amines) is 1. The van der Waals surface area contributed by atoms with Crippen LogP contribution in [-0.2, 0) is 10.0 Å². The molecule has 0 atom stereocenters. The monoisotopic (exact) mass is 432 g/mol. The van der Waals surface area contributed by atoms with Gasteiger partial charge in [0.25, 0.3) is 10.0 Å². The van der Waals surface area contributed by atoms with Gasteiger partial charge in [-0.3, -0.25) is 9.52 Å². The Morgan fingerprint density at radius 2 is 1.97 bits per heavy atom. The van der Waals surface area contributed by atoms with E-state index in [1.807, 2.05) is 26.0 Å². The Morgan fingerprint density at radius 1 is 1.21 bits per heavy atom. The van der Waals surface area contributed by atoms with E-state index in [0.717, 1.165) is 35.3 Å². The Labute approximate surface area is 172 Å². The Bertz CT molecular complexity index is 1160. The maximum absolute atomic E-state index is 12.7. The van der Waals surface area contributed by atoms with Crippen LogP contribution in [0.2, 0.25) is 0 Å². The average Bonchev–Trinajstić information content (AvgIpc) is 3.44. The van der Waals surface area contributed by atoms with Crippen molar-refractivity contribution in [1.82, 2.24) is 15.0 Å². The van der Waals surface area contributed by atoms with Crippen molar-refractivity contribution >= 4 is 33.0 Å². The summed E-state index contributed by atoms with van der Waals surface area (Å²) in [5.74, 6) is -0.177. The van der Waals surface area contributed by atoms with Crippen LogP contribution in [0.5, 0.6) is 0 Å². The van der Waals surface area contributed by atoms with Crippen molar-refractivity contribution in [2.75, 3.05) is 17.8 Å². The molecule has 0 spiro atoms. The van der Waals surface area contributed by atoms with Gasteiger partial charge in [0.15, 0.2) is 0 Å². The molecule has 10 heteroatoms. The average molecular weight is 433 g/mol. The van der Waals surface area contributed by atoms with Crippen molar-refractivity contribution < 1.29 is 17.7 Å². The summed E-state index contributed by atoms with van der Waals surface area (Å²) in [5.41, 5.74) is 2.91. The molecular formula is C19H20N4O4S2. The summed E-state index contributed by atoms with van der Waals surface area (Å²) >= 11 is 1.06. The number of carbonyl (C=O) groups excluding carboxylic acids is 1. The molecule has 1 amide bonds. The predicted octanol–water partition coefficient (Wildman–Crippen LogP) is 3.45. The number of rotatable bonds is 5.